The molecule has 4 nitrogen and oxygen atoms in total. The quantitative estimate of drug-likeness (QED) is 0.899. The fourth-order valence-electron chi connectivity index (χ4n) is 3.07. The Kier molecular flexibility index (Phi) is 7.89. The molecule has 1 aliphatic heterocycles. The van der Waals surface area contributed by atoms with Crippen LogP contribution in [-0.2, 0) is 6.54 Å². The number of rotatable bonds is 4. The van der Waals surface area contributed by atoms with E-state index in [0.29, 0.717) is 6.04 Å². The standard InChI is InChI=1S/C17H23N3O.2ClH/c1-14-7-5-6-10-19(14)11-12-20-13-16(17(21)18-20)15-8-3-2-4-9-15;;/h2-4,8-9,13-14H,5-7,10-12H2,1H3,(H,18,21);2*1H. The van der Waals surface area contributed by atoms with E-state index in [1.807, 2.05) is 41.2 Å². The lowest BCUT2D eigenvalue weighted by molar-refractivity contribution is 0.153. The molecule has 0 saturated carbocycles. The second kappa shape index (κ2) is 9.16. The van der Waals surface area contributed by atoms with E-state index in [1.165, 1.54) is 25.8 Å². The van der Waals surface area contributed by atoms with E-state index in [0.717, 1.165) is 24.2 Å². The lowest BCUT2D eigenvalue weighted by Gasteiger charge is -2.33. The fourth-order valence-corrected chi connectivity index (χ4v) is 3.07. The molecule has 0 aliphatic carbocycles. The van der Waals surface area contributed by atoms with Crippen molar-refractivity contribution in [3.63, 3.8) is 0 Å². The summed E-state index contributed by atoms with van der Waals surface area (Å²) in [5.41, 5.74) is 1.81. The van der Waals surface area contributed by atoms with Gasteiger partial charge in [0.2, 0.25) is 5.88 Å². The maximum absolute atomic E-state index is 10.0. The van der Waals surface area contributed by atoms with Gasteiger partial charge >= 0.3 is 0 Å². The highest BCUT2D eigenvalue weighted by molar-refractivity contribution is 5.85. The molecule has 1 atom stereocenters. The molecular weight excluding hydrogens is 333 g/mol. The van der Waals surface area contributed by atoms with Gasteiger partial charge in [-0.3, -0.25) is 9.58 Å². The Morgan fingerprint density at radius 1 is 1.13 bits per heavy atom. The molecule has 0 radical (unpaired) electrons. The minimum absolute atomic E-state index is 0. The number of hydrogen-bond acceptors (Lipinski definition) is 3. The molecule has 1 aliphatic rings. The van der Waals surface area contributed by atoms with Crippen LogP contribution in [0.25, 0.3) is 11.1 Å². The van der Waals surface area contributed by atoms with Gasteiger partial charge in [-0.2, -0.15) is 0 Å². The summed E-state index contributed by atoms with van der Waals surface area (Å²) in [6.07, 6.45) is 5.88. The Morgan fingerprint density at radius 2 is 1.87 bits per heavy atom. The van der Waals surface area contributed by atoms with Crippen LogP contribution >= 0.6 is 24.8 Å². The molecule has 23 heavy (non-hydrogen) atoms. The number of benzene rings is 1. The first kappa shape index (κ1) is 19.8. The zero-order valence-corrected chi connectivity index (χ0v) is 15.0. The molecule has 2 heterocycles. The van der Waals surface area contributed by atoms with Crippen molar-refractivity contribution in [2.45, 2.75) is 38.8 Å². The van der Waals surface area contributed by atoms with Crippen molar-refractivity contribution < 1.29 is 5.11 Å². The van der Waals surface area contributed by atoms with E-state index in [4.69, 9.17) is 0 Å². The fraction of sp³-hybridized carbons (Fsp3) is 0.471. The average molecular weight is 358 g/mol. The predicted octanol–water partition coefficient (Wildman–Crippen LogP) is 3.97. The first-order valence-electron chi connectivity index (χ1n) is 7.80. The number of piperidine rings is 1. The summed E-state index contributed by atoms with van der Waals surface area (Å²) >= 11 is 0. The summed E-state index contributed by atoms with van der Waals surface area (Å²) in [6, 6.07) is 10.6. The van der Waals surface area contributed by atoms with E-state index in [2.05, 4.69) is 16.9 Å². The molecular formula is C17H25Cl2N3O. The van der Waals surface area contributed by atoms with E-state index in [-0.39, 0.29) is 30.7 Å². The van der Waals surface area contributed by atoms with E-state index < -0.39 is 0 Å². The van der Waals surface area contributed by atoms with Gasteiger partial charge in [-0.05, 0) is 31.9 Å². The van der Waals surface area contributed by atoms with Crippen LogP contribution < -0.4 is 0 Å². The summed E-state index contributed by atoms with van der Waals surface area (Å²) in [7, 11) is 0. The third-order valence-corrected chi connectivity index (χ3v) is 4.38. The summed E-state index contributed by atoms with van der Waals surface area (Å²) < 4.78 is 1.86. The molecule has 1 aromatic carbocycles. The van der Waals surface area contributed by atoms with Crippen LogP contribution in [0.15, 0.2) is 36.5 Å². The van der Waals surface area contributed by atoms with E-state index in [9.17, 15) is 5.11 Å². The highest BCUT2D eigenvalue weighted by Crippen LogP contribution is 2.27. The molecule has 1 fully saturated rings. The minimum atomic E-state index is 0. The zero-order chi connectivity index (χ0) is 14.7. The normalized spacial score (nSPS) is 18.0. The second-order valence-electron chi connectivity index (χ2n) is 5.88. The number of nitrogens with zero attached hydrogens (tertiary/aromatic N) is 3. The van der Waals surface area contributed by atoms with Crippen molar-refractivity contribution in [2.24, 2.45) is 0 Å². The molecule has 0 bridgehead atoms. The first-order valence-corrected chi connectivity index (χ1v) is 7.80. The lowest BCUT2D eigenvalue weighted by atomic mass is 10.0. The van der Waals surface area contributed by atoms with Crippen LogP contribution in [0.5, 0.6) is 5.88 Å². The number of halogens is 2. The van der Waals surface area contributed by atoms with Crippen molar-refractivity contribution in [1.29, 1.82) is 0 Å². The van der Waals surface area contributed by atoms with Crippen LogP contribution in [0.2, 0.25) is 0 Å². The molecule has 0 amide bonds. The molecule has 0 spiro atoms. The van der Waals surface area contributed by atoms with Crippen LogP contribution in [0.1, 0.15) is 26.2 Å². The van der Waals surface area contributed by atoms with Crippen LogP contribution in [-0.4, -0.2) is 38.9 Å². The number of likely N-dealkylation sites (tertiary alicyclic amines) is 1. The average Bonchev–Trinajstić information content (AvgIpc) is 2.88. The van der Waals surface area contributed by atoms with Gasteiger partial charge < -0.3 is 5.11 Å². The first-order chi connectivity index (χ1) is 10.2. The SMILES string of the molecule is CC1CCCCN1CCn1cc(-c2ccccc2)c(O)n1.Cl.Cl. The highest BCUT2D eigenvalue weighted by atomic mass is 35.5. The Hall–Kier alpha value is -1.23. The molecule has 6 heteroatoms. The maximum atomic E-state index is 10.0. The van der Waals surface area contributed by atoms with Crippen LogP contribution in [0, 0.1) is 0 Å². The molecule has 1 aromatic heterocycles. The summed E-state index contributed by atoms with van der Waals surface area (Å²) in [5, 5.41) is 14.3. The summed E-state index contributed by atoms with van der Waals surface area (Å²) in [5.74, 6) is 0.118. The van der Waals surface area contributed by atoms with Crippen molar-refractivity contribution in [3.05, 3.63) is 36.5 Å². The third kappa shape index (κ3) is 4.87. The summed E-state index contributed by atoms with van der Waals surface area (Å²) in [4.78, 5) is 2.52. The second-order valence-corrected chi connectivity index (χ2v) is 5.88. The Balaban J connectivity index is 0.00000132. The van der Waals surface area contributed by atoms with Crippen LogP contribution in [0.4, 0.5) is 0 Å². The monoisotopic (exact) mass is 357 g/mol. The number of aromatic hydroxyl groups is 1. The number of aromatic nitrogens is 2. The Morgan fingerprint density at radius 3 is 2.57 bits per heavy atom. The molecule has 1 N–H and O–H groups in total. The lowest BCUT2D eigenvalue weighted by Crippen LogP contribution is -2.39. The molecule has 3 rings (SSSR count). The van der Waals surface area contributed by atoms with Gasteiger partial charge in [0.15, 0.2) is 0 Å². The molecule has 1 unspecified atom stereocenters. The van der Waals surface area contributed by atoms with Gasteiger partial charge in [-0.15, -0.1) is 29.9 Å². The zero-order valence-electron chi connectivity index (χ0n) is 13.4. The molecule has 2 aromatic rings. The van der Waals surface area contributed by atoms with Crippen LogP contribution in [0.3, 0.4) is 0 Å². The molecule has 1 saturated heterocycles. The van der Waals surface area contributed by atoms with Gasteiger partial charge in [0.1, 0.15) is 0 Å². The van der Waals surface area contributed by atoms with Crippen molar-refractivity contribution in [1.82, 2.24) is 14.7 Å². The van der Waals surface area contributed by atoms with Gasteiger partial charge in [0.25, 0.3) is 0 Å². The van der Waals surface area contributed by atoms with Gasteiger partial charge in [-0.1, -0.05) is 36.8 Å². The van der Waals surface area contributed by atoms with Gasteiger partial charge in [0.05, 0.1) is 12.1 Å². The Bertz CT molecular complexity index is 589. The largest absolute Gasteiger partial charge is 0.492 e. The van der Waals surface area contributed by atoms with Crippen molar-refractivity contribution >= 4 is 24.8 Å². The highest BCUT2D eigenvalue weighted by Gasteiger charge is 2.18. The topological polar surface area (TPSA) is 41.3 Å². The van der Waals surface area contributed by atoms with Gasteiger partial charge in [0, 0.05) is 18.8 Å². The maximum Gasteiger partial charge on any atom is 0.238 e. The smallest absolute Gasteiger partial charge is 0.238 e. The van der Waals surface area contributed by atoms with E-state index >= 15 is 0 Å². The Labute approximate surface area is 150 Å². The molecule has 128 valence electrons. The minimum Gasteiger partial charge on any atom is -0.492 e. The predicted molar refractivity (Wildman–Crippen MR) is 98.7 cm³/mol. The van der Waals surface area contributed by atoms with Crippen molar-refractivity contribution in [2.75, 3.05) is 13.1 Å². The summed E-state index contributed by atoms with van der Waals surface area (Å²) in [6.45, 7) is 5.30. The van der Waals surface area contributed by atoms with Gasteiger partial charge in [-0.25, -0.2) is 0 Å². The number of hydrogen-bond donors (Lipinski definition) is 1. The van der Waals surface area contributed by atoms with E-state index in [1.54, 1.807) is 0 Å². The van der Waals surface area contributed by atoms with Crippen molar-refractivity contribution in [3.8, 4) is 17.0 Å². The third-order valence-electron chi connectivity index (χ3n) is 4.38.